The molecule has 1 aromatic carbocycles. The number of hydrogen-bond acceptors (Lipinski definition) is 9. The van der Waals surface area contributed by atoms with Gasteiger partial charge in [0.05, 0.1) is 31.9 Å². The molecule has 4 heterocycles. The first-order chi connectivity index (χ1) is 17.5. The van der Waals surface area contributed by atoms with Crippen molar-refractivity contribution in [2.75, 3.05) is 50.7 Å². The maximum absolute atomic E-state index is 14.2. The van der Waals surface area contributed by atoms with Crippen LogP contribution in [0.5, 0.6) is 5.75 Å². The first-order valence-corrected chi connectivity index (χ1v) is 12.1. The topological polar surface area (TPSA) is 111 Å². The molecule has 2 saturated heterocycles. The molecule has 192 valence electrons. The second-order valence-electron chi connectivity index (χ2n) is 8.35. The van der Waals surface area contributed by atoms with Crippen molar-refractivity contribution in [1.82, 2.24) is 34.9 Å². The minimum Gasteiger partial charge on any atom is -0.494 e. The highest BCUT2D eigenvalue weighted by molar-refractivity contribution is 6.27. The van der Waals surface area contributed by atoms with Gasteiger partial charge in [0.25, 0.3) is 6.43 Å². The molecule has 2 aliphatic heterocycles. The molecule has 11 nitrogen and oxygen atoms in total. The van der Waals surface area contributed by atoms with Crippen molar-refractivity contribution in [3.05, 3.63) is 29.8 Å². The largest absolute Gasteiger partial charge is 0.494 e. The Morgan fingerprint density at radius 1 is 1.19 bits per heavy atom. The van der Waals surface area contributed by atoms with Crippen molar-refractivity contribution in [3.63, 3.8) is 0 Å². The number of hydrazine groups is 1. The number of amides is 1. The van der Waals surface area contributed by atoms with Gasteiger partial charge in [-0.2, -0.15) is 15.0 Å². The Balaban J connectivity index is 1.67. The summed E-state index contributed by atoms with van der Waals surface area (Å²) in [4.78, 5) is 32.0. The lowest BCUT2D eigenvalue weighted by Crippen LogP contribution is -2.43. The summed E-state index contributed by atoms with van der Waals surface area (Å²) in [5.41, 5.74) is 3.44. The molecule has 0 spiro atoms. The Bertz CT molecular complexity index is 1250. The van der Waals surface area contributed by atoms with Gasteiger partial charge >= 0.3 is 0 Å². The van der Waals surface area contributed by atoms with Crippen LogP contribution in [0.2, 0.25) is 0 Å². The normalized spacial score (nSPS) is 18.8. The maximum atomic E-state index is 14.2. The lowest BCUT2D eigenvalue weighted by molar-refractivity contribution is -0.123. The monoisotopic (exact) mass is 522 g/mol. The van der Waals surface area contributed by atoms with Gasteiger partial charge < -0.3 is 14.4 Å². The fourth-order valence-electron chi connectivity index (χ4n) is 4.49. The summed E-state index contributed by atoms with van der Waals surface area (Å²) in [5, 5.41) is 1.73. The molecule has 0 unspecified atom stereocenters. The van der Waals surface area contributed by atoms with Crippen LogP contribution in [0.15, 0.2) is 18.2 Å². The zero-order chi connectivity index (χ0) is 25.2. The van der Waals surface area contributed by atoms with Crippen molar-refractivity contribution in [3.8, 4) is 11.7 Å². The highest BCUT2D eigenvalue weighted by Gasteiger charge is 2.32. The van der Waals surface area contributed by atoms with Crippen LogP contribution in [-0.2, 0) is 9.53 Å². The number of morpholine rings is 1. The Morgan fingerprint density at radius 2 is 1.97 bits per heavy atom. The number of nitrogens with zero attached hydrogens (tertiary/aromatic N) is 7. The quantitative estimate of drug-likeness (QED) is 0.467. The molecule has 1 atom stereocenters. The smallest absolute Gasteiger partial charge is 0.296 e. The number of aromatic nitrogens is 5. The Hall–Kier alpha value is -3.16. The van der Waals surface area contributed by atoms with Crippen LogP contribution in [0.4, 0.5) is 14.7 Å². The number of alkyl halides is 3. The van der Waals surface area contributed by atoms with Crippen LogP contribution >= 0.6 is 11.6 Å². The van der Waals surface area contributed by atoms with E-state index in [9.17, 15) is 13.6 Å². The second-order valence-corrected chi connectivity index (χ2v) is 8.61. The van der Waals surface area contributed by atoms with Crippen LogP contribution in [0.3, 0.4) is 0 Å². The minimum absolute atomic E-state index is 0.0167. The van der Waals surface area contributed by atoms with Crippen molar-refractivity contribution >= 4 is 34.5 Å². The van der Waals surface area contributed by atoms with Crippen LogP contribution in [0, 0.1) is 0 Å². The van der Waals surface area contributed by atoms with Gasteiger partial charge in [-0.05, 0) is 25.0 Å². The van der Waals surface area contributed by atoms with E-state index in [-0.39, 0.29) is 29.3 Å². The van der Waals surface area contributed by atoms with Gasteiger partial charge in [0.1, 0.15) is 17.1 Å². The van der Waals surface area contributed by atoms with E-state index in [1.165, 1.54) is 11.7 Å². The molecule has 0 saturated carbocycles. The van der Waals surface area contributed by atoms with Gasteiger partial charge in [0, 0.05) is 19.6 Å². The second kappa shape index (κ2) is 10.4. The highest BCUT2D eigenvalue weighted by Crippen LogP contribution is 2.34. The lowest BCUT2D eigenvalue weighted by atomic mass is 10.2. The molecule has 2 aromatic heterocycles. The zero-order valence-corrected chi connectivity index (χ0v) is 20.3. The molecule has 2 fully saturated rings. The number of nitrogens with one attached hydrogen (secondary N) is 1. The van der Waals surface area contributed by atoms with Gasteiger partial charge in [-0.3, -0.25) is 14.8 Å². The number of imidazole rings is 1. The van der Waals surface area contributed by atoms with Crippen LogP contribution < -0.4 is 15.1 Å². The predicted molar refractivity (Wildman–Crippen MR) is 127 cm³/mol. The first kappa shape index (κ1) is 24.5. The Kier molecular flexibility index (Phi) is 7.12. The predicted octanol–water partition coefficient (Wildman–Crippen LogP) is 2.40. The molecule has 2 aliphatic rings. The van der Waals surface area contributed by atoms with Crippen LogP contribution in [0.25, 0.3) is 17.0 Å². The first-order valence-electron chi connectivity index (χ1n) is 11.5. The number of hydrogen-bond donors (Lipinski definition) is 1. The summed E-state index contributed by atoms with van der Waals surface area (Å²) in [7, 11) is 1.46. The lowest BCUT2D eigenvalue weighted by Gasteiger charge is -2.29. The molecule has 3 aromatic rings. The summed E-state index contributed by atoms with van der Waals surface area (Å²) in [6.07, 6.45) is -1.44. The number of halogens is 3. The minimum atomic E-state index is -2.89. The fraction of sp³-hybridized carbons (Fsp3) is 0.500. The van der Waals surface area contributed by atoms with Gasteiger partial charge in [0.2, 0.25) is 17.8 Å². The highest BCUT2D eigenvalue weighted by atomic mass is 35.5. The van der Waals surface area contributed by atoms with E-state index in [1.54, 1.807) is 23.2 Å². The summed E-state index contributed by atoms with van der Waals surface area (Å²) >= 11 is 5.68. The van der Waals surface area contributed by atoms with Gasteiger partial charge in [-0.15, -0.1) is 11.6 Å². The van der Waals surface area contributed by atoms with E-state index >= 15 is 0 Å². The SMILES string of the molecule is COc1cccc2c1nc(C(F)F)n2-c1nc([C@@H]2CCCN2NC(=O)CCl)nc(N2CCOCC2)n1. The van der Waals surface area contributed by atoms with E-state index in [4.69, 9.17) is 26.1 Å². The van der Waals surface area contributed by atoms with Gasteiger partial charge in [-0.25, -0.2) is 18.8 Å². The third-order valence-corrected chi connectivity index (χ3v) is 6.40. The van der Waals surface area contributed by atoms with Crippen molar-refractivity contribution in [2.24, 2.45) is 0 Å². The third-order valence-electron chi connectivity index (χ3n) is 6.15. The number of carbonyl (C=O) groups is 1. The van der Waals surface area contributed by atoms with E-state index in [0.717, 1.165) is 6.42 Å². The molecule has 0 aliphatic carbocycles. The Morgan fingerprint density at radius 3 is 2.69 bits per heavy atom. The van der Waals surface area contributed by atoms with Crippen LogP contribution in [-0.4, -0.2) is 81.3 Å². The van der Waals surface area contributed by atoms with Crippen molar-refractivity contribution in [2.45, 2.75) is 25.3 Å². The van der Waals surface area contributed by atoms with E-state index in [2.05, 4.69) is 20.4 Å². The number of anilines is 1. The molecule has 0 bridgehead atoms. The molecule has 1 amide bonds. The third kappa shape index (κ3) is 4.65. The van der Waals surface area contributed by atoms with Gasteiger partial charge in [0.15, 0.2) is 11.6 Å². The number of rotatable bonds is 7. The molecular formula is C22H25ClF2N8O3. The average molecular weight is 523 g/mol. The van der Waals surface area contributed by atoms with Crippen LogP contribution in [0.1, 0.15) is 37.0 Å². The molecule has 36 heavy (non-hydrogen) atoms. The van der Waals surface area contributed by atoms with E-state index < -0.39 is 12.2 Å². The molecule has 1 N–H and O–H groups in total. The van der Waals surface area contributed by atoms with E-state index in [0.29, 0.717) is 62.3 Å². The molecule has 14 heteroatoms. The summed E-state index contributed by atoms with van der Waals surface area (Å²) in [5.74, 6) is 0.0465. The number of ether oxygens (including phenoxy) is 2. The average Bonchev–Trinajstić information content (AvgIpc) is 3.53. The number of benzene rings is 1. The summed E-state index contributed by atoms with van der Waals surface area (Å²) in [6, 6.07) is 4.64. The number of carbonyl (C=O) groups excluding carboxylic acids is 1. The summed E-state index contributed by atoms with van der Waals surface area (Å²) < 4.78 is 40.4. The molecular weight excluding hydrogens is 498 g/mol. The van der Waals surface area contributed by atoms with Gasteiger partial charge in [-0.1, -0.05) is 6.07 Å². The summed E-state index contributed by atoms with van der Waals surface area (Å²) in [6.45, 7) is 2.64. The van der Waals surface area contributed by atoms with E-state index in [1.807, 2.05) is 4.90 Å². The number of para-hydroxylation sites is 1. The Labute approximate surface area is 210 Å². The number of methoxy groups -OCH3 is 1. The number of fused-ring (bicyclic) bond motifs is 1. The van der Waals surface area contributed by atoms with Crippen molar-refractivity contribution in [1.29, 1.82) is 0 Å². The standard InChI is InChI=1S/C22H25ClF2N8O3/c1-35-15-6-2-4-13-17(15)26-20(18(24)25)33(13)22-28-19(14-5-3-7-32(14)30-16(34)12-23)27-21(29-22)31-8-10-36-11-9-31/h2,4,6,14,18H,3,5,7-12H2,1H3,(H,30,34)/t14-/m0/s1. The fourth-order valence-corrected chi connectivity index (χ4v) is 4.55. The zero-order valence-electron chi connectivity index (χ0n) is 19.5. The van der Waals surface area contributed by atoms with Crippen molar-refractivity contribution < 1.29 is 23.0 Å². The maximum Gasteiger partial charge on any atom is 0.296 e. The molecule has 0 radical (unpaired) electrons. The molecule has 5 rings (SSSR count).